The Morgan fingerprint density at radius 1 is 1.05 bits per heavy atom. The van der Waals surface area contributed by atoms with Crippen molar-refractivity contribution in [3.8, 4) is 11.5 Å². The number of likely N-dealkylation sites (N-methyl/N-ethyl adjacent to an activating group) is 1. The number of ether oxygens (including phenoxy) is 2. The highest BCUT2D eigenvalue weighted by Crippen LogP contribution is 2.35. The fourth-order valence-corrected chi connectivity index (χ4v) is 4.66. The molecular formula is C30H36N4O4. The molecule has 1 atom stereocenters. The normalized spacial score (nSPS) is 14.6. The van der Waals surface area contributed by atoms with Crippen LogP contribution in [0.25, 0.3) is 0 Å². The fraction of sp³-hybridized carbons (Fsp3) is 0.333. The summed E-state index contributed by atoms with van der Waals surface area (Å²) in [5, 5.41) is 6.33. The summed E-state index contributed by atoms with van der Waals surface area (Å²) in [5.41, 5.74) is 4.04. The van der Waals surface area contributed by atoms with E-state index in [0.717, 1.165) is 36.4 Å². The van der Waals surface area contributed by atoms with E-state index in [1.54, 1.807) is 19.2 Å². The minimum absolute atomic E-state index is 0.0179. The minimum Gasteiger partial charge on any atom is -0.496 e. The molecule has 0 aliphatic carbocycles. The number of rotatable bonds is 11. The van der Waals surface area contributed by atoms with Gasteiger partial charge in [-0.15, -0.1) is 0 Å². The summed E-state index contributed by atoms with van der Waals surface area (Å²) in [6.07, 6.45) is -0.324. The molecule has 0 bridgehead atoms. The Bertz CT molecular complexity index is 1260. The maximum Gasteiger partial charge on any atom is 0.257 e. The van der Waals surface area contributed by atoms with Crippen LogP contribution in [-0.4, -0.2) is 54.9 Å². The lowest BCUT2D eigenvalue weighted by atomic mass is 10.0. The Kier molecular flexibility index (Phi) is 8.86. The molecule has 0 spiro atoms. The van der Waals surface area contributed by atoms with Gasteiger partial charge in [-0.05, 0) is 67.2 Å². The van der Waals surface area contributed by atoms with E-state index in [1.165, 1.54) is 6.92 Å². The zero-order chi connectivity index (χ0) is 27.1. The van der Waals surface area contributed by atoms with Crippen LogP contribution in [0, 0.1) is 0 Å². The molecule has 2 N–H and O–H groups in total. The van der Waals surface area contributed by atoms with Crippen molar-refractivity contribution in [3.63, 3.8) is 0 Å². The van der Waals surface area contributed by atoms with Crippen LogP contribution >= 0.6 is 0 Å². The van der Waals surface area contributed by atoms with E-state index >= 15 is 0 Å². The number of benzene rings is 3. The summed E-state index contributed by atoms with van der Waals surface area (Å²) in [6.45, 7) is 9.29. The molecule has 38 heavy (non-hydrogen) atoms. The monoisotopic (exact) mass is 516 g/mol. The minimum atomic E-state index is -0.324. The Hall–Kier alpha value is -4.04. The molecule has 1 aliphatic rings. The van der Waals surface area contributed by atoms with E-state index in [0.29, 0.717) is 29.3 Å². The van der Waals surface area contributed by atoms with Crippen molar-refractivity contribution in [2.75, 3.05) is 43.9 Å². The number of para-hydroxylation sites is 1. The highest BCUT2D eigenvalue weighted by molar-refractivity contribution is 6.01. The van der Waals surface area contributed by atoms with Crippen molar-refractivity contribution >= 4 is 23.2 Å². The maximum atomic E-state index is 13.6. The molecule has 0 aromatic heterocycles. The van der Waals surface area contributed by atoms with Crippen molar-refractivity contribution < 1.29 is 19.1 Å². The molecule has 3 aromatic carbocycles. The van der Waals surface area contributed by atoms with E-state index in [1.807, 2.05) is 59.5 Å². The number of anilines is 2. The van der Waals surface area contributed by atoms with Gasteiger partial charge in [-0.1, -0.05) is 32.0 Å². The van der Waals surface area contributed by atoms with Gasteiger partial charge in [0.05, 0.1) is 12.7 Å². The van der Waals surface area contributed by atoms with Gasteiger partial charge in [-0.25, -0.2) is 0 Å². The first-order chi connectivity index (χ1) is 18.4. The first-order valence-corrected chi connectivity index (χ1v) is 13.0. The van der Waals surface area contributed by atoms with E-state index in [-0.39, 0.29) is 24.6 Å². The number of nitrogens with one attached hydrogen (secondary N) is 2. The van der Waals surface area contributed by atoms with Crippen molar-refractivity contribution in [2.24, 2.45) is 0 Å². The van der Waals surface area contributed by atoms with Gasteiger partial charge < -0.3 is 29.9 Å². The second-order valence-corrected chi connectivity index (χ2v) is 9.18. The summed E-state index contributed by atoms with van der Waals surface area (Å²) >= 11 is 0. The van der Waals surface area contributed by atoms with Crippen LogP contribution in [0.4, 0.5) is 11.4 Å². The Labute approximate surface area is 224 Å². The van der Waals surface area contributed by atoms with Crippen LogP contribution in [0.5, 0.6) is 11.5 Å². The van der Waals surface area contributed by atoms with Gasteiger partial charge in [0.15, 0.2) is 0 Å². The van der Waals surface area contributed by atoms with E-state index in [2.05, 4.69) is 29.4 Å². The average Bonchev–Trinajstić information content (AvgIpc) is 2.93. The van der Waals surface area contributed by atoms with Gasteiger partial charge >= 0.3 is 0 Å². The van der Waals surface area contributed by atoms with Crippen LogP contribution in [0.15, 0.2) is 66.7 Å². The number of methoxy groups -OCH3 is 1. The van der Waals surface area contributed by atoms with Crippen molar-refractivity contribution in [3.05, 3.63) is 83.4 Å². The summed E-state index contributed by atoms with van der Waals surface area (Å²) in [4.78, 5) is 29.1. The third kappa shape index (κ3) is 6.26. The van der Waals surface area contributed by atoms with Crippen LogP contribution in [0.3, 0.4) is 0 Å². The molecule has 0 fully saturated rings. The molecule has 3 aromatic rings. The zero-order valence-electron chi connectivity index (χ0n) is 22.5. The van der Waals surface area contributed by atoms with E-state index in [9.17, 15) is 9.59 Å². The predicted molar refractivity (Wildman–Crippen MR) is 150 cm³/mol. The maximum absolute atomic E-state index is 13.6. The largest absolute Gasteiger partial charge is 0.496 e. The third-order valence-electron chi connectivity index (χ3n) is 6.76. The van der Waals surface area contributed by atoms with Gasteiger partial charge in [0.1, 0.15) is 24.3 Å². The highest BCUT2D eigenvalue weighted by atomic mass is 16.5. The smallest absolute Gasteiger partial charge is 0.257 e. The lowest BCUT2D eigenvalue weighted by Crippen LogP contribution is -2.46. The van der Waals surface area contributed by atoms with Gasteiger partial charge in [0, 0.05) is 37.0 Å². The lowest BCUT2D eigenvalue weighted by Gasteiger charge is -2.39. The number of carbonyl (C=O) groups excluding carboxylic acids is 2. The number of hydrogen-bond donors (Lipinski definition) is 2. The molecule has 0 unspecified atom stereocenters. The quantitative estimate of drug-likeness (QED) is 0.367. The van der Waals surface area contributed by atoms with Crippen molar-refractivity contribution in [1.82, 2.24) is 9.80 Å². The first kappa shape index (κ1) is 27.0. The van der Waals surface area contributed by atoms with Gasteiger partial charge in [-0.2, -0.15) is 0 Å². The van der Waals surface area contributed by atoms with Crippen LogP contribution in [-0.2, 0) is 11.4 Å². The van der Waals surface area contributed by atoms with Crippen LogP contribution in [0.1, 0.15) is 48.4 Å². The second kappa shape index (κ2) is 12.5. The molecule has 0 saturated heterocycles. The standard InChI is InChI=1S/C30H36N4O4/c1-5-33(6-2)17-18-34-29(32-27-10-8-7-9-26(27)30(34)36)22-11-16-28(37-4)23(19-22)20-38-25-14-12-24(13-15-25)31-21(3)35/h7-16,19,29,32H,5-6,17-18,20H2,1-4H3,(H,31,35)/t29-/m0/s1. The highest BCUT2D eigenvalue weighted by Gasteiger charge is 2.33. The van der Waals surface area contributed by atoms with E-state index < -0.39 is 0 Å². The zero-order valence-corrected chi connectivity index (χ0v) is 22.5. The molecule has 0 saturated carbocycles. The molecule has 8 heteroatoms. The molecule has 4 rings (SSSR count). The molecule has 0 radical (unpaired) electrons. The summed E-state index contributed by atoms with van der Waals surface area (Å²) in [5.74, 6) is 1.28. The number of nitrogens with zero attached hydrogens (tertiary/aromatic N) is 2. The molecular weight excluding hydrogens is 480 g/mol. The summed E-state index contributed by atoms with van der Waals surface area (Å²) in [7, 11) is 1.63. The predicted octanol–water partition coefficient (Wildman–Crippen LogP) is 5.14. The average molecular weight is 517 g/mol. The topological polar surface area (TPSA) is 83.1 Å². The molecule has 1 heterocycles. The molecule has 2 amide bonds. The SMILES string of the molecule is CCN(CC)CCN1C(=O)c2ccccc2N[C@@H]1c1ccc(OC)c(COc2ccc(NC(C)=O)cc2)c1. The van der Waals surface area contributed by atoms with Crippen molar-refractivity contribution in [2.45, 2.75) is 33.5 Å². The Morgan fingerprint density at radius 2 is 1.79 bits per heavy atom. The molecule has 200 valence electrons. The van der Waals surface area contributed by atoms with Gasteiger partial charge in [0.2, 0.25) is 5.91 Å². The van der Waals surface area contributed by atoms with E-state index in [4.69, 9.17) is 9.47 Å². The lowest BCUT2D eigenvalue weighted by molar-refractivity contribution is -0.114. The van der Waals surface area contributed by atoms with Crippen LogP contribution < -0.4 is 20.1 Å². The number of hydrogen-bond acceptors (Lipinski definition) is 6. The first-order valence-electron chi connectivity index (χ1n) is 13.0. The third-order valence-corrected chi connectivity index (χ3v) is 6.76. The Morgan fingerprint density at radius 3 is 2.47 bits per heavy atom. The summed E-state index contributed by atoms with van der Waals surface area (Å²) < 4.78 is 11.7. The summed E-state index contributed by atoms with van der Waals surface area (Å²) in [6, 6.07) is 20.8. The fourth-order valence-electron chi connectivity index (χ4n) is 4.66. The van der Waals surface area contributed by atoms with Gasteiger partial charge in [-0.3, -0.25) is 9.59 Å². The van der Waals surface area contributed by atoms with Crippen molar-refractivity contribution in [1.29, 1.82) is 0 Å². The number of fused-ring (bicyclic) bond motifs is 1. The second-order valence-electron chi connectivity index (χ2n) is 9.18. The molecule has 1 aliphatic heterocycles. The van der Waals surface area contributed by atoms with Crippen LogP contribution in [0.2, 0.25) is 0 Å². The number of amides is 2. The Balaban J connectivity index is 1.58. The number of carbonyl (C=O) groups is 2. The van der Waals surface area contributed by atoms with Gasteiger partial charge in [0.25, 0.3) is 5.91 Å². The molecule has 8 nitrogen and oxygen atoms in total.